The van der Waals surface area contributed by atoms with Gasteiger partial charge in [0, 0.05) is 5.69 Å². The van der Waals surface area contributed by atoms with Crippen molar-refractivity contribution in [2.24, 2.45) is 0 Å². The molecule has 0 amide bonds. The molecule has 0 radical (unpaired) electrons. The maximum absolute atomic E-state index is 5.76. The van der Waals surface area contributed by atoms with Crippen LogP contribution in [0.2, 0.25) is 0 Å². The zero-order valence-electron chi connectivity index (χ0n) is 11.5. The van der Waals surface area contributed by atoms with E-state index in [1.165, 1.54) is 0 Å². The molecule has 0 heterocycles. The van der Waals surface area contributed by atoms with Crippen molar-refractivity contribution in [3.05, 3.63) is 23.3 Å². The Labute approximate surface area is 104 Å². The molecular formula is C14H23NO2. The van der Waals surface area contributed by atoms with Crippen LogP contribution in [0, 0.1) is 13.8 Å². The maximum atomic E-state index is 5.76. The molecule has 0 aliphatic heterocycles. The molecular weight excluding hydrogens is 214 g/mol. The summed E-state index contributed by atoms with van der Waals surface area (Å²) in [6, 6.07) is 3.85. The Morgan fingerprint density at radius 1 is 1.06 bits per heavy atom. The van der Waals surface area contributed by atoms with E-state index in [0.717, 1.165) is 22.6 Å². The van der Waals surface area contributed by atoms with Gasteiger partial charge in [0.05, 0.1) is 12.2 Å². The molecule has 0 saturated heterocycles. The summed E-state index contributed by atoms with van der Waals surface area (Å²) >= 11 is 0. The second-order valence-electron chi connectivity index (χ2n) is 5.29. The van der Waals surface area contributed by atoms with Gasteiger partial charge in [0.2, 0.25) is 0 Å². The Kier molecular flexibility index (Phi) is 4.40. The highest BCUT2D eigenvalue weighted by Crippen LogP contribution is 2.25. The number of hydrogen-bond acceptors (Lipinski definition) is 3. The molecule has 3 nitrogen and oxygen atoms in total. The van der Waals surface area contributed by atoms with Crippen LogP contribution in [0.15, 0.2) is 12.1 Å². The minimum Gasteiger partial charge on any atom is -0.491 e. The fourth-order valence-corrected chi connectivity index (χ4v) is 1.70. The average molecular weight is 237 g/mol. The highest BCUT2D eigenvalue weighted by molar-refractivity contribution is 5.52. The molecule has 0 aromatic heterocycles. The summed E-state index contributed by atoms with van der Waals surface area (Å²) in [4.78, 5) is 0. The van der Waals surface area contributed by atoms with Crippen LogP contribution in [0.3, 0.4) is 0 Å². The quantitative estimate of drug-likeness (QED) is 0.646. The predicted molar refractivity (Wildman–Crippen MR) is 71.5 cm³/mol. The van der Waals surface area contributed by atoms with Gasteiger partial charge in [0.15, 0.2) is 0 Å². The van der Waals surface area contributed by atoms with E-state index < -0.39 is 0 Å². The van der Waals surface area contributed by atoms with Crippen molar-refractivity contribution in [3.8, 4) is 5.75 Å². The highest BCUT2D eigenvalue weighted by atomic mass is 16.5. The van der Waals surface area contributed by atoms with Crippen molar-refractivity contribution in [2.75, 3.05) is 18.9 Å². The third-order valence-electron chi connectivity index (χ3n) is 2.35. The first-order valence-electron chi connectivity index (χ1n) is 5.93. The number of nitrogen functional groups attached to an aromatic ring is 1. The van der Waals surface area contributed by atoms with Crippen LogP contribution >= 0.6 is 0 Å². The molecule has 0 unspecified atom stereocenters. The zero-order chi connectivity index (χ0) is 13.1. The van der Waals surface area contributed by atoms with Crippen molar-refractivity contribution in [2.45, 2.75) is 40.2 Å². The Hall–Kier alpha value is -1.22. The SMILES string of the molecule is Cc1cc(N)cc(C)c1OCCOC(C)(C)C. The van der Waals surface area contributed by atoms with Gasteiger partial charge in [-0.2, -0.15) is 0 Å². The molecule has 1 rings (SSSR count). The number of anilines is 1. The normalized spacial score (nSPS) is 11.6. The van der Waals surface area contributed by atoms with E-state index in [1.807, 2.05) is 46.8 Å². The first kappa shape index (κ1) is 13.8. The van der Waals surface area contributed by atoms with Crippen LogP contribution in [-0.2, 0) is 4.74 Å². The van der Waals surface area contributed by atoms with Crippen LogP contribution in [-0.4, -0.2) is 18.8 Å². The van der Waals surface area contributed by atoms with Crippen LogP contribution in [0.5, 0.6) is 5.75 Å². The van der Waals surface area contributed by atoms with E-state index >= 15 is 0 Å². The first-order chi connectivity index (χ1) is 7.79. The molecule has 0 fully saturated rings. The molecule has 0 atom stereocenters. The Morgan fingerprint density at radius 2 is 1.59 bits per heavy atom. The molecule has 17 heavy (non-hydrogen) atoms. The summed E-state index contributed by atoms with van der Waals surface area (Å²) in [5.41, 5.74) is 8.56. The van der Waals surface area contributed by atoms with E-state index in [2.05, 4.69) is 0 Å². The lowest BCUT2D eigenvalue weighted by Gasteiger charge is -2.20. The second kappa shape index (κ2) is 5.41. The predicted octanol–water partition coefficient (Wildman–Crippen LogP) is 3.08. The number of rotatable bonds is 4. The molecule has 96 valence electrons. The van der Waals surface area contributed by atoms with E-state index in [9.17, 15) is 0 Å². The third-order valence-corrected chi connectivity index (χ3v) is 2.35. The fourth-order valence-electron chi connectivity index (χ4n) is 1.70. The number of ether oxygens (including phenoxy) is 2. The van der Waals surface area contributed by atoms with Gasteiger partial charge in [0.1, 0.15) is 12.4 Å². The highest BCUT2D eigenvalue weighted by Gasteiger charge is 2.10. The smallest absolute Gasteiger partial charge is 0.125 e. The lowest BCUT2D eigenvalue weighted by Crippen LogP contribution is -2.22. The Balaban J connectivity index is 2.53. The minimum absolute atomic E-state index is 0.117. The topological polar surface area (TPSA) is 44.5 Å². The molecule has 0 aliphatic rings. The monoisotopic (exact) mass is 237 g/mol. The van der Waals surface area contributed by atoms with Crippen molar-refractivity contribution in [1.29, 1.82) is 0 Å². The molecule has 2 N–H and O–H groups in total. The first-order valence-corrected chi connectivity index (χ1v) is 5.93. The number of benzene rings is 1. The third kappa shape index (κ3) is 4.65. The van der Waals surface area contributed by atoms with E-state index in [-0.39, 0.29) is 5.60 Å². The van der Waals surface area contributed by atoms with Crippen molar-refractivity contribution >= 4 is 5.69 Å². The van der Waals surface area contributed by atoms with Gasteiger partial charge in [0.25, 0.3) is 0 Å². The van der Waals surface area contributed by atoms with Crippen LogP contribution < -0.4 is 10.5 Å². The number of aryl methyl sites for hydroxylation is 2. The van der Waals surface area contributed by atoms with E-state index in [0.29, 0.717) is 13.2 Å². The molecule has 3 heteroatoms. The summed E-state index contributed by atoms with van der Waals surface area (Å²) < 4.78 is 11.3. The number of hydrogen-bond donors (Lipinski definition) is 1. The maximum Gasteiger partial charge on any atom is 0.125 e. The van der Waals surface area contributed by atoms with Gasteiger partial charge in [-0.1, -0.05) is 0 Å². The summed E-state index contributed by atoms with van der Waals surface area (Å²) in [6.07, 6.45) is 0. The minimum atomic E-state index is -0.117. The van der Waals surface area contributed by atoms with Gasteiger partial charge in [-0.15, -0.1) is 0 Å². The molecule has 1 aromatic rings. The van der Waals surface area contributed by atoms with Crippen LogP contribution in [0.4, 0.5) is 5.69 Å². The Bertz CT molecular complexity index is 357. The molecule has 1 aromatic carbocycles. The van der Waals surface area contributed by atoms with Crippen LogP contribution in [0.1, 0.15) is 31.9 Å². The molecule has 0 aliphatic carbocycles. The van der Waals surface area contributed by atoms with E-state index in [4.69, 9.17) is 15.2 Å². The fraction of sp³-hybridized carbons (Fsp3) is 0.571. The Morgan fingerprint density at radius 3 is 2.06 bits per heavy atom. The summed E-state index contributed by atoms with van der Waals surface area (Å²) in [7, 11) is 0. The van der Waals surface area contributed by atoms with Gasteiger partial charge in [-0.25, -0.2) is 0 Å². The van der Waals surface area contributed by atoms with E-state index in [1.54, 1.807) is 0 Å². The summed E-state index contributed by atoms with van der Waals surface area (Å²) in [5, 5.41) is 0. The number of nitrogens with two attached hydrogens (primary N) is 1. The second-order valence-corrected chi connectivity index (χ2v) is 5.29. The van der Waals surface area contributed by atoms with Crippen molar-refractivity contribution < 1.29 is 9.47 Å². The van der Waals surface area contributed by atoms with Gasteiger partial charge in [-0.3, -0.25) is 0 Å². The lowest BCUT2D eigenvalue weighted by atomic mass is 10.1. The van der Waals surface area contributed by atoms with Crippen LogP contribution in [0.25, 0.3) is 0 Å². The van der Waals surface area contributed by atoms with Crippen molar-refractivity contribution in [3.63, 3.8) is 0 Å². The van der Waals surface area contributed by atoms with Crippen molar-refractivity contribution in [1.82, 2.24) is 0 Å². The van der Waals surface area contributed by atoms with Gasteiger partial charge >= 0.3 is 0 Å². The molecule has 0 saturated carbocycles. The summed E-state index contributed by atoms with van der Waals surface area (Å²) in [6.45, 7) is 11.3. The average Bonchev–Trinajstić information content (AvgIpc) is 2.13. The summed E-state index contributed by atoms with van der Waals surface area (Å²) in [5.74, 6) is 0.914. The van der Waals surface area contributed by atoms with Gasteiger partial charge < -0.3 is 15.2 Å². The lowest BCUT2D eigenvalue weighted by molar-refractivity contribution is -0.0164. The largest absolute Gasteiger partial charge is 0.491 e. The zero-order valence-corrected chi connectivity index (χ0v) is 11.5. The molecule has 0 bridgehead atoms. The standard InChI is InChI=1S/C14H23NO2/c1-10-8-12(15)9-11(2)13(10)16-6-7-17-14(3,4)5/h8-9H,6-7,15H2,1-5H3. The van der Waals surface area contributed by atoms with Gasteiger partial charge in [-0.05, 0) is 57.9 Å². The molecule has 0 spiro atoms.